The van der Waals surface area contributed by atoms with Gasteiger partial charge >= 0.3 is 256 Å². The first-order valence-corrected chi connectivity index (χ1v) is 25.0. The molecule has 1 atom stereocenters. The molecule has 1 aliphatic carbocycles. The van der Waals surface area contributed by atoms with Crippen molar-refractivity contribution >= 4 is 46.3 Å². The molecule has 0 nitrogen and oxygen atoms in total. The van der Waals surface area contributed by atoms with E-state index in [9.17, 15) is 0 Å². The van der Waals surface area contributed by atoms with Gasteiger partial charge in [0, 0.05) is 0 Å². The zero-order chi connectivity index (χ0) is 28.4. The van der Waals surface area contributed by atoms with Crippen molar-refractivity contribution in [1.29, 1.82) is 0 Å². The Morgan fingerprint density at radius 3 is 2.20 bits per heavy atom. The van der Waals surface area contributed by atoms with Crippen molar-refractivity contribution in [2.45, 2.75) is 57.5 Å². The summed E-state index contributed by atoms with van der Waals surface area (Å²) in [6.45, 7) is 13.8. The topological polar surface area (TPSA) is 0 Å². The van der Waals surface area contributed by atoms with E-state index < -0.39 is 27.4 Å². The minimum absolute atomic E-state index is 0.0464. The van der Waals surface area contributed by atoms with E-state index in [1.165, 1.54) is 63.7 Å². The molecule has 0 amide bonds. The van der Waals surface area contributed by atoms with E-state index in [1.54, 1.807) is 0 Å². The van der Waals surface area contributed by atoms with Crippen LogP contribution < -0.4 is 13.6 Å². The van der Waals surface area contributed by atoms with E-state index in [0.29, 0.717) is 5.92 Å². The van der Waals surface area contributed by atoms with Gasteiger partial charge < -0.3 is 0 Å². The van der Waals surface area contributed by atoms with Gasteiger partial charge in [0.1, 0.15) is 0 Å². The Morgan fingerprint density at radius 2 is 1.50 bits per heavy atom. The summed E-state index contributed by atoms with van der Waals surface area (Å²) in [6, 6.07) is 29.3. The van der Waals surface area contributed by atoms with Gasteiger partial charge in [-0.1, -0.05) is 0 Å². The molecule has 4 heteroatoms. The quantitative estimate of drug-likeness (QED) is 0.166. The summed E-state index contributed by atoms with van der Waals surface area (Å²) in [5.41, 5.74) is 12.3. The molecule has 1 unspecified atom stereocenters. The third-order valence-corrected chi connectivity index (χ3v) is 23.2. The number of aryl methyl sites for hydroxylation is 1. The fourth-order valence-corrected chi connectivity index (χ4v) is 24.1. The zero-order valence-corrected chi connectivity index (χ0v) is 29.8. The molecule has 204 valence electrons. The number of hydrogen-bond donors (Lipinski definition) is 0. The molecule has 2 aliphatic rings. The second kappa shape index (κ2) is 10.5. The van der Waals surface area contributed by atoms with Gasteiger partial charge in [0.05, 0.1) is 0 Å². The molecular formula is C36H38Cl2SiZr. The Hall–Kier alpha value is -1.70. The van der Waals surface area contributed by atoms with Crippen LogP contribution in [0.25, 0.3) is 28.3 Å². The Morgan fingerprint density at radius 1 is 0.825 bits per heavy atom. The summed E-state index contributed by atoms with van der Waals surface area (Å²) in [5, 5.41) is 3.00. The minimum atomic E-state index is -4.04. The molecule has 0 N–H and O–H groups in total. The third-order valence-electron chi connectivity index (χ3n) is 8.96. The molecular weight excluding hydrogens is 623 g/mol. The summed E-state index contributed by atoms with van der Waals surface area (Å²) >= 11 is -4.04. The van der Waals surface area contributed by atoms with Crippen molar-refractivity contribution < 1.29 is 17.9 Å². The fraction of sp³-hybridized carbons (Fsp3) is 0.278. The van der Waals surface area contributed by atoms with Crippen LogP contribution in [0, 0.1) is 5.41 Å². The molecule has 6 rings (SSSR count). The van der Waals surface area contributed by atoms with E-state index in [2.05, 4.69) is 126 Å². The van der Waals surface area contributed by atoms with Gasteiger partial charge in [0.15, 0.2) is 0 Å². The number of fused-ring (bicyclic) bond motifs is 4. The van der Waals surface area contributed by atoms with Crippen molar-refractivity contribution in [1.82, 2.24) is 0 Å². The van der Waals surface area contributed by atoms with E-state index in [0.717, 1.165) is 6.42 Å². The van der Waals surface area contributed by atoms with Gasteiger partial charge in [0.25, 0.3) is 0 Å². The summed E-state index contributed by atoms with van der Waals surface area (Å²) in [4.78, 5) is 0. The Bertz CT molecular complexity index is 1660. The van der Waals surface area contributed by atoms with Gasteiger partial charge in [0.2, 0.25) is 0 Å². The van der Waals surface area contributed by atoms with Crippen molar-refractivity contribution in [2.75, 3.05) is 0 Å². The Kier molecular flexibility index (Phi) is 7.49. The normalized spacial score (nSPS) is 16.7. The number of rotatable bonds is 5. The second-order valence-corrected chi connectivity index (χ2v) is 28.6. The SMILES string of the molecule is CCc1ccc2c(c1-c1ccccc1C(C)C)C=C(C(C)(C)C)[CH]2[Zr]([Cl])([Cl])[c]1cccc2c1[SiH2]c1ccccc1-2. The Labute approximate surface area is 254 Å². The number of benzene rings is 4. The third kappa shape index (κ3) is 4.59. The van der Waals surface area contributed by atoms with E-state index in [4.69, 9.17) is 17.0 Å². The van der Waals surface area contributed by atoms with E-state index in [-0.39, 0.29) is 9.04 Å². The molecule has 4 aromatic carbocycles. The molecule has 1 aliphatic heterocycles. The van der Waals surface area contributed by atoms with Crippen LogP contribution >= 0.6 is 17.0 Å². The first kappa shape index (κ1) is 28.4. The van der Waals surface area contributed by atoms with Crippen LogP contribution in [0.4, 0.5) is 0 Å². The van der Waals surface area contributed by atoms with Gasteiger partial charge in [-0.25, -0.2) is 0 Å². The maximum absolute atomic E-state index is 7.93. The van der Waals surface area contributed by atoms with Gasteiger partial charge in [-0.2, -0.15) is 0 Å². The van der Waals surface area contributed by atoms with Crippen LogP contribution in [0.2, 0.25) is 0 Å². The first-order chi connectivity index (χ1) is 19.0. The molecule has 4 aromatic rings. The van der Waals surface area contributed by atoms with Gasteiger partial charge in [-0.3, -0.25) is 0 Å². The van der Waals surface area contributed by atoms with E-state index in [1.807, 2.05) is 0 Å². The molecule has 1 heterocycles. The predicted molar refractivity (Wildman–Crippen MR) is 177 cm³/mol. The average molecular weight is 661 g/mol. The maximum atomic E-state index is 7.93. The second-order valence-electron chi connectivity index (χ2n) is 12.8. The molecule has 0 aromatic heterocycles. The zero-order valence-electron chi connectivity index (χ0n) is 24.4. The van der Waals surface area contributed by atoms with Crippen LogP contribution in [0.5, 0.6) is 0 Å². The molecule has 0 saturated heterocycles. The van der Waals surface area contributed by atoms with Crippen molar-refractivity contribution in [2.24, 2.45) is 5.41 Å². The van der Waals surface area contributed by atoms with Crippen LogP contribution in [-0.2, 0) is 24.3 Å². The van der Waals surface area contributed by atoms with Crippen LogP contribution in [-0.4, -0.2) is 9.52 Å². The summed E-state index contributed by atoms with van der Waals surface area (Å²) in [7, 11) is 15.2. The van der Waals surface area contributed by atoms with E-state index >= 15 is 0 Å². The molecule has 0 bridgehead atoms. The summed E-state index contributed by atoms with van der Waals surface area (Å²) in [6.07, 6.45) is 3.47. The molecule has 40 heavy (non-hydrogen) atoms. The van der Waals surface area contributed by atoms with Crippen LogP contribution in [0.3, 0.4) is 0 Å². The number of allylic oxidation sites excluding steroid dienone is 1. The molecule has 0 fully saturated rings. The number of hydrogen-bond acceptors (Lipinski definition) is 0. The Balaban J connectivity index is 1.59. The van der Waals surface area contributed by atoms with Crippen molar-refractivity contribution in [3.63, 3.8) is 0 Å². The first-order valence-electron chi connectivity index (χ1n) is 14.6. The monoisotopic (exact) mass is 658 g/mol. The molecule has 0 radical (unpaired) electrons. The standard InChI is InChI=1S/C24H29.C12H9Si.2ClH.Zr/c1-7-17-12-13-18-14-19(24(4,5)6)15-22(18)23(17)21-11-9-8-10-20(21)16(2)3;1-3-7-11-9(5-1)10-6-2-4-8-12(10)13-11;;;/h8-16H,7H2,1-6H3;1-7H,13H2;2*1H;/q;;;;+2/p-2. The van der Waals surface area contributed by atoms with Crippen LogP contribution in [0.15, 0.2) is 84.4 Å². The average Bonchev–Trinajstić information content (AvgIpc) is 3.52. The van der Waals surface area contributed by atoms with Crippen molar-refractivity contribution in [3.8, 4) is 22.3 Å². The molecule has 0 saturated carbocycles. The summed E-state index contributed by atoms with van der Waals surface area (Å²) < 4.78 is 1.38. The fourth-order valence-electron chi connectivity index (χ4n) is 7.00. The van der Waals surface area contributed by atoms with Crippen molar-refractivity contribution in [3.05, 3.63) is 107 Å². The van der Waals surface area contributed by atoms with Gasteiger partial charge in [-0.05, 0) is 0 Å². The summed E-state index contributed by atoms with van der Waals surface area (Å²) in [5.74, 6) is 0.442. The molecule has 0 spiro atoms. The van der Waals surface area contributed by atoms with Gasteiger partial charge in [-0.15, -0.1) is 0 Å². The predicted octanol–water partition coefficient (Wildman–Crippen LogP) is 8.41. The number of halogens is 2. The van der Waals surface area contributed by atoms with Crippen LogP contribution in [0.1, 0.15) is 73.3 Å².